The predicted molar refractivity (Wildman–Crippen MR) is 68.1 cm³/mol. The number of hydrogen-bond donors (Lipinski definition) is 2. The Kier molecular flexibility index (Phi) is 3.27. The number of pyridine rings is 1. The first kappa shape index (κ1) is 12.8. The third-order valence-corrected chi connectivity index (χ3v) is 4.08. The molecule has 0 spiro atoms. The van der Waals surface area contributed by atoms with Gasteiger partial charge in [0.25, 0.3) is 10.0 Å². The van der Waals surface area contributed by atoms with E-state index in [2.05, 4.69) is 19.9 Å². The molecule has 0 amide bonds. The number of anilines is 1. The van der Waals surface area contributed by atoms with Gasteiger partial charge in [0.15, 0.2) is 0 Å². The van der Waals surface area contributed by atoms with Crippen molar-refractivity contribution in [2.75, 3.05) is 4.72 Å². The van der Waals surface area contributed by atoms with Crippen molar-refractivity contribution in [1.82, 2.24) is 15.2 Å². The Bertz CT molecular complexity index is 681. The number of sulfonamides is 1. The lowest BCUT2D eigenvalue weighted by molar-refractivity contribution is 0.600. The zero-order chi connectivity index (χ0) is 13.3. The van der Waals surface area contributed by atoms with Crippen LogP contribution in [-0.2, 0) is 10.0 Å². The van der Waals surface area contributed by atoms with Crippen molar-refractivity contribution in [3.63, 3.8) is 0 Å². The number of halogens is 1. The van der Waals surface area contributed by atoms with E-state index in [4.69, 9.17) is 11.6 Å². The average Bonchev–Trinajstić information content (AvgIpc) is 2.69. The molecule has 0 fully saturated rings. The van der Waals surface area contributed by atoms with Gasteiger partial charge in [-0.15, -0.1) is 0 Å². The SMILES string of the molecule is Cc1cc(Cl)ncc1NS(=O)(=O)c1cn[nH]c1C. The standard InChI is InChI=1S/C10H11ClN4O2S/c1-6-3-10(11)12-4-8(6)15-18(16,17)9-5-13-14-7(9)2/h3-5,15H,1-2H3,(H,13,14). The molecule has 0 aliphatic carbocycles. The first-order chi connectivity index (χ1) is 8.40. The minimum absolute atomic E-state index is 0.108. The molecule has 8 heteroatoms. The van der Waals surface area contributed by atoms with Gasteiger partial charge < -0.3 is 0 Å². The Morgan fingerprint density at radius 3 is 2.61 bits per heavy atom. The molecule has 2 aromatic rings. The Labute approximate surface area is 109 Å². The summed E-state index contributed by atoms with van der Waals surface area (Å²) in [5.74, 6) is 0. The molecule has 0 radical (unpaired) electrons. The molecule has 2 rings (SSSR count). The molecule has 0 atom stereocenters. The number of aryl methyl sites for hydroxylation is 2. The van der Waals surface area contributed by atoms with Crippen LogP contribution < -0.4 is 4.72 Å². The highest BCUT2D eigenvalue weighted by atomic mass is 35.5. The van der Waals surface area contributed by atoms with Crippen molar-refractivity contribution in [2.45, 2.75) is 18.7 Å². The molecule has 96 valence electrons. The third kappa shape index (κ3) is 2.46. The van der Waals surface area contributed by atoms with E-state index in [1.165, 1.54) is 12.4 Å². The van der Waals surface area contributed by atoms with E-state index in [1.807, 2.05) is 0 Å². The molecule has 0 saturated heterocycles. The van der Waals surface area contributed by atoms with Gasteiger partial charge in [-0.2, -0.15) is 5.10 Å². The lowest BCUT2D eigenvalue weighted by Gasteiger charge is -2.09. The lowest BCUT2D eigenvalue weighted by atomic mass is 10.3. The molecule has 18 heavy (non-hydrogen) atoms. The first-order valence-electron chi connectivity index (χ1n) is 5.05. The van der Waals surface area contributed by atoms with Gasteiger partial charge in [-0.25, -0.2) is 13.4 Å². The zero-order valence-electron chi connectivity index (χ0n) is 9.73. The minimum atomic E-state index is -3.66. The maximum Gasteiger partial charge on any atom is 0.265 e. The van der Waals surface area contributed by atoms with Gasteiger partial charge in [-0.05, 0) is 25.5 Å². The Morgan fingerprint density at radius 2 is 2.06 bits per heavy atom. The van der Waals surface area contributed by atoms with E-state index in [9.17, 15) is 8.42 Å². The van der Waals surface area contributed by atoms with Crippen molar-refractivity contribution in [3.05, 3.63) is 34.9 Å². The van der Waals surface area contributed by atoms with Gasteiger partial charge in [0.2, 0.25) is 0 Å². The average molecular weight is 287 g/mol. The molecule has 0 saturated carbocycles. The van der Waals surface area contributed by atoms with E-state index < -0.39 is 10.0 Å². The van der Waals surface area contributed by atoms with E-state index in [0.717, 1.165) is 0 Å². The largest absolute Gasteiger partial charge is 0.281 e. The van der Waals surface area contributed by atoms with Crippen LogP contribution in [0.3, 0.4) is 0 Å². The summed E-state index contributed by atoms with van der Waals surface area (Å²) in [6.07, 6.45) is 2.64. The molecule has 6 nitrogen and oxygen atoms in total. The molecular formula is C10H11ClN4O2S. The second-order valence-corrected chi connectivity index (χ2v) is 5.82. The van der Waals surface area contributed by atoms with Crippen molar-refractivity contribution in [2.24, 2.45) is 0 Å². The fraction of sp³-hybridized carbons (Fsp3) is 0.200. The van der Waals surface area contributed by atoms with Crippen LogP contribution in [0.4, 0.5) is 5.69 Å². The number of aromatic nitrogens is 3. The van der Waals surface area contributed by atoms with E-state index in [-0.39, 0.29) is 4.90 Å². The molecule has 0 aromatic carbocycles. The van der Waals surface area contributed by atoms with Gasteiger partial charge in [0.1, 0.15) is 10.0 Å². The second-order valence-electron chi connectivity index (χ2n) is 3.79. The number of aromatic amines is 1. The number of nitrogens with one attached hydrogen (secondary N) is 2. The van der Waals surface area contributed by atoms with E-state index in [0.29, 0.717) is 22.1 Å². The first-order valence-corrected chi connectivity index (χ1v) is 6.91. The highest BCUT2D eigenvalue weighted by molar-refractivity contribution is 7.92. The van der Waals surface area contributed by atoms with Crippen LogP contribution in [0.5, 0.6) is 0 Å². The Morgan fingerprint density at radius 1 is 1.33 bits per heavy atom. The summed E-state index contributed by atoms with van der Waals surface area (Å²) in [5.41, 5.74) is 1.56. The summed E-state index contributed by atoms with van der Waals surface area (Å²) in [7, 11) is -3.66. The number of hydrogen-bond acceptors (Lipinski definition) is 4. The molecule has 0 unspecified atom stereocenters. The van der Waals surface area contributed by atoms with Crippen molar-refractivity contribution in [1.29, 1.82) is 0 Å². The van der Waals surface area contributed by atoms with Gasteiger partial charge in [0, 0.05) is 0 Å². The summed E-state index contributed by atoms with van der Waals surface area (Å²) in [6, 6.07) is 1.58. The van der Waals surface area contributed by atoms with Crippen LogP contribution >= 0.6 is 11.6 Å². The molecular weight excluding hydrogens is 276 g/mol. The number of H-pyrrole nitrogens is 1. The van der Waals surface area contributed by atoms with Gasteiger partial charge >= 0.3 is 0 Å². The maximum absolute atomic E-state index is 12.1. The van der Waals surface area contributed by atoms with Crippen LogP contribution in [0.1, 0.15) is 11.3 Å². The normalized spacial score (nSPS) is 11.5. The second kappa shape index (κ2) is 4.58. The van der Waals surface area contributed by atoms with Gasteiger partial charge in [-0.3, -0.25) is 9.82 Å². The summed E-state index contributed by atoms with van der Waals surface area (Å²) < 4.78 is 26.6. The van der Waals surface area contributed by atoms with Crippen LogP contribution in [0.2, 0.25) is 5.15 Å². The topological polar surface area (TPSA) is 87.7 Å². The number of nitrogens with zero attached hydrogens (tertiary/aromatic N) is 2. The molecule has 2 N–H and O–H groups in total. The quantitative estimate of drug-likeness (QED) is 0.843. The lowest BCUT2D eigenvalue weighted by Crippen LogP contribution is -2.14. The molecule has 2 aromatic heterocycles. The van der Waals surface area contributed by atoms with Crippen LogP contribution in [0, 0.1) is 13.8 Å². The minimum Gasteiger partial charge on any atom is -0.281 e. The maximum atomic E-state index is 12.1. The van der Waals surface area contributed by atoms with Crippen molar-refractivity contribution < 1.29 is 8.42 Å². The van der Waals surface area contributed by atoms with E-state index >= 15 is 0 Å². The molecule has 0 aliphatic rings. The summed E-state index contributed by atoms with van der Waals surface area (Å²) >= 11 is 5.71. The smallest absolute Gasteiger partial charge is 0.265 e. The fourth-order valence-corrected chi connectivity index (χ4v) is 2.90. The number of rotatable bonds is 3. The van der Waals surface area contributed by atoms with Crippen LogP contribution in [-0.4, -0.2) is 23.6 Å². The third-order valence-electron chi connectivity index (χ3n) is 2.39. The molecule has 0 bridgehead atoms. The molecule has 0 aliphatic heterocycles. The zero-order valence-corrected chi connectivity index (χ0v) is 11.3. The van der Waals surface area contributed by atoms with Crippen molar-refractivity contribution in [3.8, 4) is 0 Å². The Balaban J connectivity index is 2.37. The van der Waals surface area contributed by atoms with E-state index in [1.54, 1.807) is 19.9 Å². The molecule has 2 heterocycles. The monoisotopic (exact) mass is 286 g/mol. The van der Waals surface area contributed by atoms with Gasteiger partial charge in [0.05, 0.1) is 23.8 Å². The van der Waals surface area contributed by atoms with Gasteiger partial charge in [-0.1, -0.05) is 11.6 Å². The van der Waals surface area contributed by atoms with Crippen LogP contribution in [0.15, 0.2) is 23.4 Å². The predicted octanol–water partition coefficient (Wildman–Crippen LogP) is 1.88. The highest BCUT2D eigenvalue weighted by Crippen LogP contribution is 2.21. The van der Waals surface area contributed by atoms with Crippen molar-refractivity contribution >= 4 is 27.3 Å². The fourth-order valence-electron chi connectivity index (χ4n) is 1.44. The summed E-state index contributed by atoms with van der Waals surface area (Å²) in [6.45, 7) is 3.38. The van der Waals surface area contributed by atoms with Crippen LogP contribution in [0.25, 0.3) is 0 Å². The Hall–Kier alpha value is -1.60. The summed E-state index contributed by atoms with van der Waals surface area (Å²) in [4.78, 5) is 3.95. The highest BCUT2D eigenvalue weighted by Gasteiger charge is 2.19. The summed E-state index contributed by atoms with van der Waals surface area (Å²) in [5, 5.41) is 6.58.